The molecule has 1 N–H and O–H groups in total. The normalized spacial score (nSPS) is 19.2. The standard InChI is InChI=1S/C17H22N2O3/c1-2-19-15-5-4-14(11-13(15)3-6-16(19)20)18-9-7-12(8-10-18)17(21)22/h4-5,11-12H,2-3,6-10H2,1H3,(H,21,22). The van der Waals surface area contributed by atoms with Gasteiger partial charge in [-0.05, 0) is 49.9 Å². The third-order valence-electron chi connectivity index (χ3n) is 4.79. The summed E-state index contributed by atoms with van der Waals surface area (Å²) in [4.78, 5) is 27.1. The minimum Gasteiger partial charge on any atom is -0.481 e. The van der Waals surface area contributed by atoms with Crippen LogP contribution in [0.25, 0.3) is 0 Å². The molecule has 0 spiro atoms. The van der Waals surface area contributed by atoms with Gasteiger partial charge in [-0.25, -0.2) is 0 Å². The van der Waals surface area contributed by atoms with Crippen molar-refractivity contribution in [2.24, 2.45) is 5.92 Å². The Hall–Kier alpha value is -2.04. The minimum atomic E-state index is -0.679. The van der Waals surface area contributed by atoms with E-state index in [-0.39, 0.29) is 11.8 Å². The number of carboxylic acid groups (broad SMARTS) is 1. The first-order valence-electron chi connectivity index (χ1n) is 8.01. The van der Waals surface area contributed by atoms with Crippen molar-refractivity contribution < 1.29 is 14.7 Å². The van der Waals surface area contributed by atoms with E-state index in [0.29, 0.717) is 25.8 Å². The third kappa shape index (κ3) is 2.67. The van der Waals surface area contributed by atoms with E-state index in [1.807, 2.05) is 17.9 Å². The fourth-order valence-corrected chi connectivity index (χ4v) is 3.47. The molecule has 1 amide bonds. The maximum atomic E-state index is 11.9. The Kier molecular flexibility index (Phi) is 4.05. The van der Waals surface area contributed by atoms with Crippen molar-refractivity contribution in [3.05, 3.63) is 23.8 Å². The lowest BCUT2D eigenvalue weighted by molar-refractivity contribution is -0.142. The highest BCUT2D eigenvalue weighted by atomic mass is 16.4. The molecule has 1 aromatic rings. The van der Waals surface area contributed by atoms with E-state index in [2.05, 4.69) is 17.0 Å². The second kappa shape index (κ2) is 5.99. The highest BCUT2D eigenvalue weighted by Crippen LogP contribution is 2.32. The Balaban J connectivity index is 1.77. The van der Waals surface area contributed by atoms with Crippen LogP contribution >= 0.6 is 0 Å². The van der Waals surface area contributed by atoms with Crippen molar-refractivity contribution in [3.63, 3.8) is 0 Å². The van der Waals surface area contributed by atoms with Crippen LogP contribution in [-0.2, 0) is 16.0 Å². The van der Waals surface area contributed by atoms with Crippen LogP contribution in [0.5, 0.6) is 0 Å². The number of hydrogen-bond acceptors (Lipinski definition) is 3. The van der Waals surface area contributed by atoms with Gasteiger partial charge in [0, 0.05) is 37.4 Å². The van der Waals surface area contributed by atoms with Crippen molar-refractivity contribution in [1.82, 2.24) is 0 Å². The zero-order valence-corrected chi connectivity index (χ0v) is 12.9. The molecule has 0 aromatic heterocycles. The quantitative estimate of drug-likeness (QED) is 0.930. The molecule has 0 atom stereocenters. The average Bonchev–Trinajstić information content (AvgIpc) is 2.54. The molecule has 1 fully saturated rings. The molecule has 22 heavy (non-hydrogen) atoms. The number of amides is 1. The summed E-state index contributed by atoms with van der Waals surface area (Å²) in [6.45, 7) is 4.27. The zero-order valence-electron chi connectivity index (χ0n) is 12.9. The number of rotatable bonds is 3. The van der Waals surface area contributed by atoms with E-state index in [9.17, 15) is 9.59 Å². The number of nitrogens with zero attached hydrogens (tertiary/aromatic N) is 2. The van der Waals surface area contributed by atoms with Gasteiger partial charge >= 0.3 is 5.97 Å². The first kappa shape index (κ1) is 14.9. The molecule has 5 heteroatoms. The lowest BCUT2D eigenvalue weighted by Crippen LogP contribution is -2.37. The van der Waals surface area contributed by atoms with Crippen LogP contribution < -0.4 is 9.80 Å². The van der Waals surface area contributed by atoms with Gasteiger partial charge in [-0.15, -0.1) is 0 Å². The van der Waals surface area contributed by atoms with Gasteiger partial charge in [0.15, 0.2) is 0 Å². The molecule has 0 aliphatic carbocycles. The molecule has 0 saturated carbocycles. The smallest absolute Gasteiger partial charge is 0.306 e. The van der Waals surface area contributed by atoms with Gasteiger partial charge in [0.1, 0.15) is 0 Å². The van der Waals surface area contributed by atoms with Gasteiger partial charge in [0.2, 0.25) is 5.91 Å². The summed E-state index contributed by atoms with van der Waals surface area (Å²) in [6, 6.07) is 6.27. The molecule has 2 aliphatic rings. The van der Waals surface area contributed by atoms with E-state index in [1.165, 1.54) is 5.56 Å². The second-order valence-electron chi connectivity index (χ2n) is 6.05. The van der Waals surface area contributed by atoms with Crippen molar-refractivity contribution in [1.29, 1.82) is 0 Å². The number of fused-ring (bicyclic) bond motifs is 1. The molecule has 3 rings (SSSR count). The number of carbonyl (C=O) groups excluding carboxylic acids is 1. The van der Waals surface area contributed by atoms with Crippen molar-refractivity contribution in [3.8, 4) is 0 Å². The van der Waals surface area contributed by atoms with Crippen LogP contribution in [0.2, 0.25) is 0 Å². The van der Waals surface area contributed by atoms with Crippen LogP contribution in [0, 0.1) is 5.92 Å². The summed E-state index contributed by atoms with van der Waals surface area (Å²) >= 11 is 0. The Labute approximate surface area is 130 Å². The van der Waals surface area contributed by atoms with E-state index in [1.54, 1.807) is 0 Å². The predicted molar refractivity (Wildman–Crippen MR) is 85.4 cm³/mol. The molecule has 0 unspecified atom stereocenters. The Morgan fingerprint density at radius 3 is 2.64 bits per heavy atom. The fourth-order valence-electron chi connectivity index (χ4n) is 3.47. The summed E-state index contributed by atoms with van der Waals surface area (Å²) in [5.74, 6) is -0.686. The lowest BCUT2D eigenvalue weighted by Gasteiger charge is -2.34. The van der Waals surface area contributed by atoms with Crippen molar-refractivity contribution in [2.75, 3.05) is 29.4 Å². The predicted octanol–water partition coefficient (Wildman–Crippen LogP) is 2.29. The molecule has 1 saturated heterocycles. The summed E-state index contributed by atoms with van der Waals surface area (Å²) in [6.07, 6.45) is 2.77. The van der Waals surface area contributed by atoms with Crippen molar-refractivity contribution in [2.45, 2.75) is 32.6 Å². The fraction of sp³-hybridized carbons (Fsp3) is 0.529. The maximum Gasteiger partial charge on any atom is 0.306 e. The Bertz CT molecular complexity index is 592. The van der Waals surface area contributed by atoms with Crippen LogP contribution in [0.15, 0.2) is 18.2 Å². The average molecular weight is 302 g/mol. The topological polar surface area (TPSA) is 60.9 Å². The third-order valence-corrected chi connectivity index (χ3v) is 4.79. The number of carboxylic acids is 1. The maximum absolute atomic E-state index is 11.9. The minimum absolute atomic E-state index is 0.199. The van der Waals surface area contributed by atoms with Gasteiger partial charge in [0.05, 0.1) is 5.92 Å². The Morgan fingerprint density at radius 1 is 1.27 bits per heavy atom. The van der Waals surface area contributed by atoms with Gasteiger partial charge in [-0.3, -0.25) is 9.59 Å². The SMILES string of the molecule is CCN1C(=O)CCc2cc(N3CCC(C(=O)O)CC3)ccc21. The number of aliphatic carboxylic acids is 1. The first-order valence-corrected chi connectivity index (χ1v) is 8.01. The van der Waals surface area contributed by atoms with Gasteiger partial charge in [-0.1, -0.05) is 0 Å². The summed E-state index contributed by atoms with van der Waals surface area (Å²) in [5, 5.41) is 9.08. The number of carbonyl (C=O) groups is 2. The molecule has 118 valence electrons. The second-order valence-corrected chi connectivity index (χ2v) is 6.05. The van der Waals surface area contributed by atoms with Crippen molar-refractivity contribution >= 4 is 23.3 Å². The highest BCUT2D eigenvalue weighted by Gasteiger charge is 2.26. The molecule has 0 bridgehead atoms. The highest BCUT2D eigenvalue weighted by molar-refractivity contribution is 5.96. The van der Waals surface area contributed by atoms with Crippen LogP contribution in [-0.4, -0.2) is 36.6 Å². The summed E-state index contributed by atoms with van der Waals surface area (Å²) < 4.78 is 0. The largest absolute Gasteiger partial charge is 0.481 e. The molecular formula is C17H22N2O3. The molecule has 2 aliphatic heterocycles. The van der Waals surface area contributed by atoms with Crippen LogP contribution in [0.4, 0.5) is 11.4 Å². The van der Waals surface area contributed by atoms with Gasteiger partial charge in [0.25, 0.3) is 0 Å². The Morgan fingerprint density at radius 2 is 2.00 bits per heavy atom. The molecular weight excluding hydrogens is 280 g/mol. The number of aryl methyl sites for hydroxylation is 1. The molecule has 1 aromatic carbocycles. The number of piperidine rings is 1. The van der Waals surface area contributed by atoms with Crippen LogP contribution in [0.1, 0.15) is 31.7 Å². The number of hydrogen-bond donors (Lipinski definition) is 1. The van der Waals surface area contributed by atoms with E-state index < -0.39 is 5.97 Å². The lowest BCUT2D eigenvalue weighted by atomic mass is 9.95. The van der Waals surface area contributed by atoms with Gasteiger partial charge < -0.3 is 14.9 Å². The summed E-state index contributed by atoms with van der Waals surface area (Å²) in [7, 11) is 0. The monoisotopic (exact) mass is 302 g/mol. The molecule has 5 nitrogen and oxygen atoms in total. The van der Waals surface area contributed by atoms with E-state index in [4.69, 9.17) is 5.11 Å². The van der Waals surface area contributed by atoms with E-state index in [0.717, 1.165) is 30.9 Å². The summed E-state index contributed by atoms with van der Waals surface area (Å²) in [5.41, 5.74) is 3.40. The number of anilines is 2. The van der Waals surface area contributed by atoms with E-state index >= 15 is 0 Å². The molecule has 0 radical (unpaired) electrons. The zero-order chi connectivity index (χ0) is 15.7. The number of benzene rings is 1. The first-order chi connectivity index (χ1) is 10.6. The van der Waals surface area contributed by atoms with Crippen LogP contribution in [0.3, 0.4) is 0 Å². The molecule has 2 heterocycles. The van der Waals surface area contributed by atoms with Gasteiger partial charge in [-0.2, -0.15) is 0 Å².